The maximum atomic E-state index is 3.79. The summed E-state index contributed by atoms with van der Waals surface area (Å²) in [5, 5.41) is 3.50. The Kier molecular flexibility index (Phi) is 4.37. The van der Waals surface area contributed by atoms with Gasteiger partial charge in [-0.05, 0) is 31.7 Å². The fraction of sp³-hybridized carbons (Fsp3) is 0.818. The molecule has 1 atom stereocenters. The summed E-state index contributed by atoms with van der Waals surface area (Å²) in [6, 6.07) is 0.688. The molecule has 0 aliphatic heterocycles. The van der Waals surface area contributed by atoms with Crippen molar-refractivity contribution in [1.82, 2.24) is 5.32 Å². The first-order valence-electron chi connectivity index (χ1n) is 5.21. The minimum atomic E-state index is 0.688. The first kappa shape index (κ1) is 9.79. The zero-order valence-corrected chi connectivity index (χ0v) is 8.18. The van der Waals surface area contributed by atoms with Crippen LogP contribution < -0.4 is 5.32 Å². The second-order valence-corrected chi connectivity index (χ2v) is 3.80. The van der Waals surface area contributed by atoms with Crippen LogP contribution in [0.2, 0.25) is 0 Å². The van der Waals surface area contributed by atoms with Crippen LogP contribution in [0.25, 0.3) is 0 Å². The molecule has 1 N–H and O–H groups in total. The summed E-state index contributed by atoms with van der Waals surface area (Å²) in [4.78, 5) is 0. The molecular weight excluding hydrogens is 146 g/mol. The van der Waals surface area contributed by atoms with Gasteiger partial charge in [0.05, 0.1) is 0 Å². The molecule has 0 aromatic heterocycles. The van der Waals surface area contributed by atoms with Gasteiger partial charge in [0.15, 0.2) is 0 Å². The third-order valence-electron chi connectivity index (χ3n) is 2.56. The predicted molar refractivity (Wildman–Crippen MR) is 54.2 cm³/mol. The van der Waals surface area contributed by atoms with E-state index in [0.29, 0.717) is 6.04 Å². The molecule has 0 aromatic rings. The van der Waals surface area contributed by atoms with Crippen molar-refractivity contribution in [2.45, 2.75) is 45.1 Å². The van der Waals surface area contributed by atoms with Gasteiger partial charge in [0.2, 0.25) is 0 Å². The lowest BCUT2D eigenvalue weighted by atomic mass is 10.1. The maximum Gasteiger partial charge on any atom is 0.0101 e. The maximum absolute atomic E-state index is 3.79. The van der Waals surface area contributed by atoms with Crippen LogP contribution in [0.3, 0.4) is 0 Å². The number of hydrogen-bond donors (Lipinski definition) is 1. The zero-order chi connectivity index (χ0) is 8.81. The van der Waals surface area contributed by atoms with E-state index in [-0.39, 0.29) is 0 Å². The summed E-state index contributed by atoms with van der Waals surface area (Å²) in [6.07, 6.45) is 8.87. The fourth-order valence-corrected chi connectivity index (χ4v) is 1.64. The molecule has 0 bridgehead atoms. The van der Waals surface area contributed by atoms with E-state index < -0.39 is 0 Å². The topological polar surface area (TPSA) is 12.0 Å². The second-order valence-electron chi connectivity index (χ2n) is 3.80. The predicted octanol–water partition coefficient (Wildman–Crippen LogP) is 2.73. The number of hydrogen-bond acceptors (Lipinski definition) is 1. The average molecular weight is 167 g/mol. The van der Waals surface area contributed by atoms with E-state index in [1.54, 1.807) is 0 Å². The van der Waals surface area contributed by atoms with Crippen LogP contribution in [0.5, 0.6) is 0 Å². The Morgan fingerprint density at radius 1 is 1.58 bits per heavy atom. The molecule has 12 heavy (non-hydrogen) atoms. The van der Waals surface area contributed by atoms with Crippen molar-refractivity contribution in [2.24, 2.45) is 5.92 Å². The smallest absolute Gasteiger partial charge is 0.0101 e. The van der Waals surface area contributed by atoms with Gasteiger partial charge in [0, 0.05) is 6.04 Å². The van der Waals surface area contributed by atoms with Gasteiger partial charge < -0.3 is 5.32 Å². The van der Waals surface area contributed by atoms with Crippen molar-refractivity contribution in [1.29, 1.82) is 0 Å². The lowest BCUT2D eigenvalue weighted by molar-refractivity contribution is 0.468. The summed E-state index contributed by atoms with van der Waals surface area (Å²) in [5.41, 5.74) is 0. The lowest BCUT2D eigenvalue weighted by Gasteiger charge is -2.15. The zero-order valence-electron chi connectivity index (χ0n) is 8.18. The Balaban J connectivity index is 2.06. The van der Waals surface area contributed by atoms with Crippen molar-refractivity contribution in [3.8, 4) is 0 Å². The molecular formula is C11H21N. The lowest BCUT2D eigenvalue weighted by Crippen LogP contribution is -2.28. The Labute approximate surface area is 76.2 Å². The largest absolute Gasteiger partial charge is 0.314 e. The highest BCUT2D eigenvalue weighted by molar-refractivity contribution is 4.81. The summed E-state index contributed by atoms with van der Waals surface area (Å²) >= 11 is 0. The van der Waals surface area contributed by atoms with Crippen LogP contribution in [0.4, 0.5) is 0 Å². The Morgan fingerprint density at radius 3 is 2.83 bits per heavy atom. The molecule has 0 saturated heterocycles. The van der Waals surface area contributed by atoms with Gasteiger partial charge in [-0.25, -0.2) is 0 Å². The highest BCUT2D eigenvalue weighted by Gasteiger charge is 2.21. The van der Waals surface area contributed by atoms with Gasteiger partial charge in [0.25, 0.3) is 0 Å². The van der Waals surface area contributed by atoms with Gasteiger partial charge in [-0.3, -0.25) is 0 Å². The first-order chi connectivity index (χ1) is 5.86. The third kappa shape index (κ3) is 3.91. The van der Waals surface area contributed by atoms with Crippen molar-refractivity contribution in [3.63, 3.8) is 0 Å². The molecule has 1 saturated carbocycles. The minimum absolute atomic E-state index is 0.688. The molecule has 0 heterocycles. The summed E-state index contributed by atoms with van der Waals surface area (Å²) in [6.45, 7) is 7.05. The average Bonchev–Trinajstić information content (AvgIpc) is 2.84. The molecule has 1 aliphatic rings. The van der Waals surface area contributed by atoms with Crippen LogP contribution in [0.15, 0.2) is 12.7 Å². The van der Waals surface area contributed by atoms with Gasteiger partial charge in [-0.15, -0.1) is 6.58 Å². The quantitative estimate of drug-likeness (QED) is 0.575. The van der Waals surface area contributed by atoms with Crippen LogP contribution in [-0.4, -0.2) is 12.6 Å². The SMILES string of the molecule is C=CCC(CCC1CC1)NCC. The number of rotatable bonds is 7. The number of nitrogens with one attached hydrogen (secondary N) is 1. The van der Waals surface area contributed by atoms with Gasteiger partial charge in [-0.1, -0.05) is 25.8 Å². The standard InChI is InChI=1S/C11H21N/c1-3-5-11(12-4-2)9-8-10-6-7-10/h3,10-12H,1,4-9H2,2H3. The van der Waals surface area contributed by atoms with E-state index in [2.05, 4.69) is 18.8 Å². The summed E-state index contributed by atoms with van der Waals surface area (Å²) in [7, 11) is 0. The third-order valence-corrected chi connectivity index (χ3v) is 2.56. The first-order valence-corrected chi connectivity index (χ1v) is 5.21. The molecule has 1 aliphatic carbocycles. The Hall–Kier alpha value is -0.300. The van der Waals surface area contributed by atoms with E-state index in [9.17, 15) is 0 Å². The van der Waals surface area contributed by atoms with Crippen LogP contribution >= 0.6 is 0 Å². The second kappa shape index (κ2) is 5.36. The summed E-state index contributed by atoms with van der Waals surface area (Å²) in [5.74, 6) is 1.07. The van der Waals surface area contributed by atoms with Gasteiger partial charge in [-0.2, -0.15) is 0 Å². The molecule has 70 valence electrons. The molecule has 0 aromatic carbocycles. The molecule has 1 fully saturated rings. The highest BCUT2D eigenvalue weighted by Crippen LogP contribution is 2.34. The van der Waals surface area contributed by atoms with Crippen LogP contribution in [-0.2, 0) is 0 Å². The van der Waals surface area contributed by atoms with Crippen LogP contribution in [0, 0.1) is 5.92 Å². The van der Waals surface area contributed by atoms with E-state index in [0.717, 1.165) is 18.9 Å². The Bertz CT molecular complexity index is 127. The monoisotopic (exact) mass is 167 g/mol. The van der Waals surface area contributed by atoms with E-state index in [4.69, 9.17) is 0 Å². The van der Waals surface area contributed by atoms with Crippen molar-refractivity contribution < 1.29 is 0 Å². The molecule has 1 unspecified atom stereocenters. The van der Waals surface area contributed by atoms with Crippen molar-refractivity contribution in [3.05, 3.63) is 12.7 Å². The molecule has 1 rings (SSSR count). The molecule has 0 radical (unpaired) electrons. The van der Waals surface area contributed by atoms with E-state index >= 15 is 0 Å². The normalized spacial score (nSPS) is 19.1. The highest BCUT2D eigenvalue weighted by atomic mass is 14.9. The van der Waals surface area contributed by atoms with Crippen LogP contribution in [0.1, 0.15) is 39.0 Å². The summed E-state index contributed by atoms with van der Waals surface area (Å²) < 4.78 is 0. The Morgan fingerprint density at radius 2 is 2.33 bits per heavy atom. The van der Waals surface area contributed by atoms with Crippen molar-refractivity contribution in [2.75, 3.05) is 6.54 Å². The molecule has 1 heteroatoms. The van der Waals surface area contributed by atoms with Gasteiger partial charge in [0.1, 0.15) is 0 Å². The van der Waals surface area contributed by atoms with E-state index in [1.165, 1.54) is 25.7 Å². The fourth-order valence-electron chi connectivity index (χ4n) is 1.64. The van der Waals surface area contributed by atoms with E-state index in [1.807, 2.05) is 6.08 Å². The molecule has 0 amide bonds. The minimum Gasteiger partial charge on any atom is -0.314 e. The van der Waals surface area contributed by atoms with Crippen molar-refractivity contribution >= 4 is 0 Å². The molecule has 0 spiro atoms. The molecule has 1 nitrogen and oxygen atoms in total. The van der Waals surface area contributed by atoms with Gasteiger partial charge >= 0.3 is 0 Å².